The minimum Gasteiger partial charge on any atom is -0.376 e. The Kier molecular flexibility index (Phi) is 7.27. The van der Waals surface area contributed by atoms with E-state index in [2.05, 4.69) is 41.4 Å². The Hall–Kier alpha value is -2.34. The fraction of sp³-hybridized carbons (Fsp3) is 0.524. The zero-order valence-corrected chi connectivity index (χ0v) is 16.4. The van der Waals surface area contributed by atoms with Crippen molar-refractivity contribution in [3.8, 4) is 0 Å². The maximum atomic E-state index is 5.93. The van der Waals surface area contributed by atoms with E-state index in [1.165, 1.54) is 5.56 Å². The van der Waals surface area contributed by atoms with Crippen molar-refractivity contribution < 1.29 is 9.26 Å². The molecule has 0 bridgehead atoms. The van der Waals surface area contributed by atoms with Gasteiger partial charge in [-0.15, -0.1) is 0 Å². The number of rotatable bonds is 8. The molecule has 3 rings (SSSR count). The van der Waals surface area contributed by atoms with E-state index in [1.807, 2.05) is 24.3 Å². The summed E-state index contributed by atoms with van der Waals surface area (Å²) in [4.78, 5) is 7.05. The van der Waals surface area contributed by atoms with Crippen LogP contribution in [0.4, 0.5) is 0 Å². The molecule has 6 heteroatoms. The van der Waals surface area contributed by atoms with Crippen LogP contribution >= 0.6 is 0 Å². The Morgan fingerprint density at radius 1 is 1.33 bits per heavy atom. The molecule has 0 saturated carbocycles. The minimum atomic E-state index is 0.515. The first-order valence-electron chi connectivity index (χ1n) is 9.87. The molecule has 1 unspecified atom stereocenters. The third-order valence-corrected chi connectivity index (χ3v) is 4.74. The average molecular weight is 370 g/mol. The number of ether oxygens (including phenoxy) is 1. The van der Waals surface area contributed by atoms with E-state index >= 15 is 0 Å². The highest BCUT2D eigenvalue weighted by molar-refractivity contribution is 5.80. The maximum absolute atomic E-state index is 5.93. The predicted molar refractivity (Wildman–Crippen MR) is 106 cm³/mol. The van der Waals surface area contributed by atoms with Gasteiger partial charge in [0.25, 0.3) is 0 Å². The molecular formula is C21H30N4O2. The molecular weight excluding hydrogens is 340 g/mol. The fourth-order valence-electron chi connectivity index (χ4n) is 3.25. The number of benzene rings is 1. The highest BCUT2D eigenvalue weighted by Gasteiger charge is 2.25. The highest BCUT2D eigenvalue weighted by atomic mass is 16.5. The van der Waals surface area contributed by atoms with Crippen molar-refractivity contribution in [3.05, 3.63) is 53.4 Å². The van der Waals surface area contributed by atoms with Gasteiger partial charge in [0.15, 0.2) is 11.7 Å². The molecule has 1 aliphatic rings. The van der Waals surface area contributed by atoms with E-state index in [0.717, 1.165) is 56.5 Å². The van der Waals surface area contributed by atoms with Crippen LogP contribution in [0, 0.1) is 5.92 Å². The topological polar surface area (TPSA) is 62.9 Å². The first-order valence-corrected chi connectivity index (χ1v) is 9.87. The lowest BCUT2D eigenvalue weighted by Gasteiger charge is -2.21. The van der Waals surface area contributed by atoms with Crippen molar-refractivity contribution in [2.75, 3.05) is 26.2 Å². The molecule has 6 nitrogen and oxygen atoms in total. The molecule has 1 aromatic carbocycles. The molecule has 146 valence electrons. The third kappa shape index (κ3) is 5.82. The Labute approximate surface area is 161 Å². The van der Waals surface area contributed by atoms with E-state index in [-0.39, 0.29) is 0 Å². The Balaban J connectivity index is 1.48. The summed E-state index contributed by atoms with van der Waals surface area (Å²) in [7, 11) is 0. The smallest absolute Gasteiger partial charge is 0.194 e. The number of nitrogens with zero attached hydrogens (tertiary/aromatic N) is 3. The molecule has 0 radical (unpaired) electrons. The van der Waals surface area contributed by atoms with Crippen molar-refractivity contribution in [1.29, 1.82) is 0 Å². The molecule has 27 heavy (non-hydrogen) atoms. The number of nitrogens with one attached hydrogen (secondary N) is 1. The summed E-state index contributed by atoms with van der Waals surface area (Å²) < 4.78 is 11.3. The Morgan fingerprint density at radius 3 is 2.93 bits per heavy atom. The largest absolute Gasteiger partial charge is 0.376 e. The molecule has 0 spiro atoms. The number of aryl methyl sites for hydroxylation is 1. The first-order chi connectivity index (χ1) is 13.3. The normalized spacial score (nSPS) is 17.5. The van der Waals surface area contributed by atoms with Crippen molar-refractivity contribution in [1.82, 2.24) is 15.4 Å². The molecule has 1 N–H and O–H groups in total. The molecule has 1 aliphatic heterocycles. The molecule has 0 amide bonds. The standard InChI is InChI=1S/C21H30N4O2/c1-3-19-12-20(27-24-19)13-23-21(22-4-2)25-11-10-18(14-25)16-26-15-17-8-6-5-7-9-17/h5-9,12,18H,3-4,10-11,13-16H2,1-2H3,(H,22,23). The van der Waals surface area contributed by atoms with Gasteiger partial charge in [-0.25, -0.2) is 4.99 Å². The summed E-state index contributed by atoms with van der Waals surface area (Å²) in [6.07, 6.45) is 2.01. The molecule has 1 aromatic heterocycles. The minimum absolute atomic E-state index is 0.515. The quantitative estimate of drug-likeness (QED) is 0.571. The van der Waals surface area contributed by atoms with Gasteiger partial charge >= 0.3 is 0 Å². The maximum Gasteiger partial charge on any atom is 0.194 e. The molecule has 1 saturated heterocycles. The second-order valence-corrected chi connectivity index (χ2v) is 6.91. The summed E-state index contributed by atoms with van der Waals surface area (Å²) in [5, 5.41) is 7.42. The highest BCUT2D eigenvalue weighted by Crippen LogP contribution is 2.18. The summed E-state index contributed by atoms with van der Waals surface area (Å²) in [6.45, 7) is 8.96. The fourth-order valence-corrected chi connectivity index (χ4v) is 3.25. The van der Waals surface area contributed by atoms with E-state index in [1.54, 1.807) is 0 Å². The third-order valence-electron chi connectivity index (χ3n) is 4.74. The summed E-state index contributed by atoms with van der Waals surface area (Å²) in [6, 6.07) is 12.3. The van der Waals surface area contributed by atoms with E-state index in [0.29, 0.717) is 19.1 Å². The number of aliphatic imine (C=N–C) groups is 1. The average Bonchev–Trinajstić information content (AvgIpc) is 3.35. The molecule has 2 aromatic rings. The van der Waals surface area contributed by atoms with Crippen LogP contribution in [0.5, 0.6) is 0 Å². The van der Waals surface area contributed by atoms with Crippen LogP contribution in [0.25, 0.3) is 0 Å². The van der Waals surface area contributed by atoms with Crippen LogP contribution in [-0.2, 0) is 24.3 Å². The van der Waals surface area contributed by atoms with Gasteiger partial charge in [-0.05, 0) is 25.3 Å². The summed E-state index contributed by atoms with van der Waals surface area (Å²) in [5.74, 6) is 2.29. The second kappa shape index (κ2) is 10.1. The van der Waals surface area contributed by atoms with E-state index in [4.69, 9.17) is 14.3 Å². The van der Waals surface area contributed by atoms with Crippen LogP contribution in [0.3, 0.4) is 0 Å². The van der Waals surface area contributed by atoms with Gasteiger partial charge in [-0.1, -0.05) is 42.4 Å². The van der Waals surface area contributed by atoms with E-state index in [9.17, 15) is 0 Å². The predicted octanol–water partition coefficient (Wildman–Crippen LogP) is 3.24. The summed E-state index contributed by atoms with van der Waals surface area (Å²) in [5.41, 5.74) is 2.20. The van der Waals surface area contributed by atoms with Crippen LogP contribution in [0.1, 0.15) is 37.3 Å². The van der Waals surface area contributed by atoms with Gasteiger partial charge in [-0.3, -0.25) is 0 Å². The lowest BCUT2D eigenvalue weighted by atomic mass is 10.1. The molecule has 2 heterocycles. The van der Waals surface area contributed by atoms with E-state index < -0.39 is 0 Å². The van der Waals surface area contributed by atoms with Crippen molar-refractivity contribution in [2.45, 2.75) is 39.8 Å². The first kappa shape index (κ1) is 19.4. The van der Waals surface area contributed by atoms with Crippen LogP contribution < -0.4 is 5.32 Å². The Morgan fingerprint density at radius 2 is 2.19 bits per heavy atom. The van der Waals surface area contributed by atoms with Crippen LogP contribution in [0.2, 0.25) is 0 Å². The van der Waals surface area contributed by atoms with Gasteiger partial charge in [-0.2, -0.15) is 0 Å². The zero-order valence-electron chi connectivity index (χ0n) is 16.4. The lowest BCUT2D eigenvalue weighted by molar-refractivity contribution is 0.0906. The molecule has 1 fully saturated rings. The SMILES string of the molecule is CCNC(=NCc1cc(CC)no1)N1CCC(COCc2ccccc2)C1. The van der Waals surface area contributed by atoms with Crippen molar-refractivity contribution >= 4 is 5.96 Å². The van der Waals surface area contributed by atoms with Gasteiger partial charge in [0.05, 0.1) is 18.9 Å². The zero-order chi connectivity index (χ0) is 18.9. The van der Waals surface area contributed by atoms with Gasteiger partial charge in [0, 0.05) is 31.6 Å². The van der Waals surface area contributed by atoms with Gasteiger partial charge in [0.2, 0.25) is 0 Å². The Bertz CT molecular complexity index is 714. The van der Waals surface area contributed by atoms with Crippen LogP contribution in [0.15, 0.2) is 45.9 Å². The monoisotopic (exact) mass is 370 g/mol. The van der Waals surface area contributed by atoms with Crippen LogP contribution in [-0.4, -0.2) is 42.3 Å². The lowest BCUT2D eigenvalue weighted by Crippen LogP contribution is -2.40. The number of hydrogen-bond donors (Lipinski definition) is 1. The van der Waals surface area contributed by atoms with Gasteiger partial charge < -0.3 is 19.5 Å². The van der Waals surface area contributed by atoms with Crippen molar-refractivity contribution in [2.24, 2.45) is 10.9 Å². The molecule has 1 atom stereocenters. The molecule has 0 aliphatic carbocycles. The van der Waals surface area contributed by atoms with Gasteiger partial charge in [0.1, 0.15) is 6.54 Å². The van der Waals surface area contributed by atoms with Crippen molar-refractivity contribution in [3.63, 3.8) is 0 Å². The second-order valence-electron chi connectivity index (χ2n) is 6.91. The number of hydrogen-bond acceptors (Lipinski definition) is 4. The number of guanidine groups is 1. The number of aromatic nitrogens is 1. The summed E-state index contributed by atoms with van der Waals surface area (Å²) >= 11 is 0. The number of likely N-dealkylation sites (tertiary alicyclic amines) is 1.